The molecular formula is C16H10Cl4N2S. The number of thiophene rings is 1. The van der Waals surface area contributed by atoms with Gasteiger partial charge in [0.25, 0.3) is 0 Å². The van der Waals surface area contributed by atoms with Gasteiger partial charge in [-0.2, -0.15) is 5.10 Å². The van der Waals surface area contributed by atoms with E-state index in [1.54, 1.807) is 29.7 Å². The minimum atomic E-state index is 0.416. The summed E-state index contributed by atoms with van der Waals surface area (Å²) in [4.78, 5) is 1.04. The molecule has 0 saturated carbocycles. The van der Waals surface area contributed by atoms with Crippen molar-refractivity contribution in [2.24, 2.45) is 5.10 Å². The molecule has 23 heavy (non-hydrogen) atoms. The molecule has 1 N–H and O–H groups in total. The Balaban J connectivity index is 1.88. The van der Waals surface area contributed by atoms with Crippen LogP contribution in [0.25, 0.3) is 10.1 Å². The number of rotatable bonds is 3. The second-order valence-electron chi connectivity index (χ2n) is 4.85. The Morgan fingerprint density at radius 1 is 1.00 bits per heavy atom. The van der Waals surface area contributed by atoms with E-state index in [4.69, 9.17) is 46.4 Å². The Morgan fingerprint density at radius 3 is 2.39 bits per heavy atom. The lowest BCUT2D eigenvalue weighted by molar-refractivity contribution is 1.35. The second kappa shape index (κ2) is 6.88. The van der Waals surface area contributed by atoms with Crippen LogP contribution in [0.5, 0.6) is 0 Å². The van der Waals surface area contributed by atoms with E-state index < -0.39 is 0 Å². The van der Waals surface area contributed by atoms with Crippen LogP contribution in [0.15, 0.2) is 35.4 Å². The number of hydrogen-bond acceptors (Lipinski definition) is 3. The minimum absolute atomic E-state index is 0.416. The lowest BCUT2D eigenvalue weighted by atomic mass is 10.1. The van der Waals surface area contributed by atoms with Crippen molar-refractivity contribution < 1.29 is 0 Å². The number of nitrogens with one attached hydrogen (secondary N) is 1. The van der Waals surface area contributed by atoms with Crippen molar-refractivity contribution in [2.75, 3.05) is 5.43 Å². The van der Waals surface area contributed by atoms with Gasteiger partial charge in [0.05, 0.1) is 26.8 Å². The van der Waals surface area contributed by atoms with Gasteiger partial charge < -0.3 is 0 Å². The van der Waals surface area contributed by atoms with Gasteiger partial charge in [0.2, 0.25) is 0 Å². The quantitative estimate of drug-likeness (QED) is 0.360. The highest BCUT2D eigenvalue weighted by Gasteiger charge is 2.09. The molecule has 0 saturated heterocycles. The average molecular weight is 404 g/mol. The van der Waals surface area contributed by atoms with E-state index in [0.717, 1.165) is 25.5 Å². The lowest BCUT2D eigenvalue weighted by Gasteiger charge is -2.06. The lowest BCUT2D eigenvalue weighted by Crippen LogP contribution is -1.92. The number of hydrazone groups is 1. The van der Waals surface area contributed by atoms with Crippen LogP contribution >= 0.6 is 57.7 Å². The summed E-state index contributed by atoms with van der Waals surface area (Å²) < 4.78 is 1.16. The van der Waals surface area contributed by atoms with Crippen molar-refractivity contribution in [1.29, 1.82) is 0 Å². The van der Waals surface area contributed by atoms with Crippen LogP contribution in [-0.4, -0.2) is 6.21 Å². The molecule has 1 aromatic heterocycles. The summed E-state index contributed by atoms with van der Waals surface area (Å²) in [6.45, 7) is 2.04. The van der Waals surface area contributed by atoms with Crippen LogP contribution in [0.1, 0.15) is 10.4 Å². The van der Waals surface area contributed by atoms with Crippen molar-refractivity contribution in [2.45, 2.75) is 6.92 Å². The molecule has 1 heterocycles. The molecule has 0 radical (unpaired) electrons. The Bertz CT molecular complexity index is 895. The molecule has 2 nitrogen and oxygen atoms in total. The molecule has 0 unspecified atom stereocenters. The van der Waals surface area contributed by atoms with Crippen molar-refractivity contribution in [3.8, 4) is 0 Å². The standard InChI is InChI=1S/C16H10Cl4N2S/c1-8-11-4-9(17)2-3-14(11)23-15(8)7-21-22-16-12(19)5-10(18)6-13(16)20/h2-7,22H,1H3/b21-7+. The Hall–Kier alpha value is -0.970. The summed E-state index contributed by atoms with van der Waals surface area (Å²) >= 11 is 25.8. The largest absolute Gasteiger partial charge is 0.275 e. The molecule has 118 valence electrons. The maximum absolute atomic E-state index is 6.11. The molecule has 0 fully saturated rings. The van der Waals surface area contributed by atoms with Crippen LogP contribution in [0.3, 0.4) is 0 Å². The number of aryl methyl sites for hydroxylation is 1. The summed E-state index contributed by atoms with van der Waals surface area (Å²) in [6, 6.07) is 9.07. The van der Waals surface area contributed by atoms with E-state index in [2.05, 4.69) is 10.5 Å². The van der Waals surface area contributed by atoms with Gasteiger partial charge in [0.15, 0.2) is 0 Å². The monoisotopic (exact) mass is 402 g/mol. The smallest absolute Gasteiger partial charge is 0.0935 e. The van der Waals surface area contributed by atoms with Crippen molar-refractivity contribution in [3.63, 3.8) is 0 Å². The number of halogens is 4. The summed E-state index contributed by atoms with van der Waals surface area (Å²) in [6.07, 6.45) is 1.75. The predicted molar refractivity (Wildman–Crippen MR) is 104 cm³/mol. The number of hydrogen-bond donors (Lipinski definition) is 1. The Kier molecular flexibility index (Phi) is 5.04. The molecule has 0 atom stereocenters. The number of fused-ring (bicyclic) bond motifs is 1. The summed E-state index contributed by atoms with van der Waals surface area (Å²) in [7, 11) is 0. The zero-order valence-corrected chi connectivity index (χ0v) is 15.7. The number of benzene rings is 2. The summed E-state index contributed by atoms with van der Waals surface area (Å²) in [5.41, 5.74) is 4.52. The zero-order chi connectivity index (χ0) is 16.6. The fourth-order valence-corrected chi connectivity index (χ4v) is 4.28. The molecule has 0 aliphatic carbocycles. The average Bonchev–Trinajstić information content (AvgIpc) is 2.78. The van der Waals surface area contributed by atoms with Gasteiger partial charge in [-0.1, -0.05) is 46.4 Å². The van der Waals surface area contributed by atoms with Crippen LogP contribution in [0.4, 0.5) is 5.69 Å². The summed E-state index contributed by atoms with van der Waals surface area (Å²) in [5.74, 6) is 0. The van der Waals surface area contributed by atoms with Gasteiger partial charge in [-0.15, -0.1) is 11.3 Å². The highest BCUT2D eigenvalue weighted by Crippen LogP contribution is 2.34. The number of nitrogens with zero attached hydrogens (tertiary/aromatic N) is 1. The van der Waals surface area contributed by atoms with E-state index in [1.165, 1.54) is 0 Å². The molecule has 0 aliphatic rings. The highest BCUT2D eigenvalue weighted by atomic mass is 35.5. The molecular weight excluding hydrogens is 394 g/mol. The summed E-state index contributed by atoms with van der Waals surface area (Å²) in [5, 5.41) is 7.40. The van der Waals surface area contributed by atoms with E-state index in [-0.39, 0.29) is 0 Å². The second-order valence-corrected chi connectivity index (χ2v) is 7.62. The third-order valence-electron chi connectivity index (χ3n) is 3.30. The highest BCUT2D eigenvalue weighted by molar-refractivity contribution is 7.20. The van der Waals surface area contributed by atoms with Gasteiger partial charge in [-0.3, -0.25) is 5.43 Å². The van der Waals surface area contributed by atoms with E-state index in [1.807, 2.05) is 25.1 Å². The first kappa shape index (κ1) is 16.9. The van der Waals surface area contributed by atoms with Crippen LogP contribution in [-0.2, 0) is 0 Å². The molecule has 3 rings (SSSR count). The fourth-order valence-electron chi connectivity index (χ4n) is 2.14. The first-order valence-corrected chi connectivity index (χ1v) is 8.91. The van der Waals surface area contributed by atoms with Gasteiger partial charge in [0.1, 0.15) is 0 Å². The molecule has 0 bridgehead atoms. The third kappa shape index (κ3) is 3.59. The Labute approximate surface area is 157 Å². The van der Waals surface area contributed by atoms with Crippen molar-refractivity contribution in [3.05, 3.63) is 60.9 Å². The molecule has 2 aromatic carbocycles. The van der Waals surface area contributed by atoms with E-state index >= 15 is 0 Å². The first-order valence-electron chi connectivity index (χ1n) is 6.58. The van der Waals surface area contributed by atoms with Crippen LogP contribution in [0.2, 0.25) is 20.1 Å². The van der Waals surface area contributed by atoms with E-state index in [9.17, 15) is 0 Å². The first-order chi connectivity index (χ1) is 11.0. The van der Waals surface area contributed by atoms with Gasteiger partial charge in [-0.05, 0) is 48.2 Å². The zero-order valence-electron chi connectivity index (χ0n) is 11.8. The maximum Gasteiger partial charge on any atom is 0.0935 e. The van der Waals surface area contributed by atoms with Gasteiger partial charge >= 0.3 is 0 Å². The Morgan fingerprint density at radius 2 is 1.70 bits per heavy atom. The molecule has 0 spiro atoms. The topological polar surface area (TPSA) is 24.4 Å². The van der Waals surface area contributed by atoms with Crippen LogP contribution in [0, 0.1) is 6.92 Å². The normalized spacial score (nSPS) is 11.5. The minimum Gasteiger partial charge on any atom is -0.275 e. The molecule has 0 aliphatic heterocycles. The SMILES string of the molecule is Cc1c(/C=N/Nc2c(Cl)cc(Cl)cc2Cl)sc2ccc(Cl)cc12. The molecule has 7 heteroatoms. The third-order valence-corrected chi connectivity index (χ3v) is 5.56. The fraction of sp³-hybridized carbons (Fsp3) is 0.0625. The van der Waals surface area contributed by atoms with Crippen molar-refractivity contribution in [1.82, 2.24) is 0 Å². The molecule has 3 aromatic rings. The van der Waals surface area contributed by atoms with Crippen molar-refractivity contribution >= 4 is 79.7 Å². The van der Waals surface area contributed by atoms with Gasteiger partial charge in [0, 0.05) is 14.7 Å². The van der Waals surface area contributed by atoms with Gasteiger partial charge in [-0.25, -0.2) is 0 Å². The predicted octanol–water partition coefficient (Wildman–Crippen LogP) is 7.27. The maximum atomic E-state index is 6.11. The molecule has 0 amide bonds. The van der Waals surface area contributed by atoms with Crippen LogP contribution < -0.4 is 5.43 Å². The van der Waals surface area contributed by atoms with E-state index in [0.29, 0.717) is 20.8 Å². The number of anilines is 1.